The van der Waals surface area contributed by atoms with Gasteiger partial charge in [-0.1, -0.05) is 0 Å². The van der Waals surface area contributed by atoms with Crippen LogP contribution >= 0.6 is 0 Å². The Bertz CT molecular complexity index is 611. The summed E-state index contributed by atoms with van der Waals surface area (Å²) < 4.78 is 0. The summed E-state index contributed by atoms with van der Waals surface area (Å²) in [7, 11) is 0. The fourth-order valence-corrected chi connectivity index (χ4v) is 1.66. The number of nitrogens with one attached hydrogen (secondary N) is 1. The van der Waals surface area contributed by atoms with Crippen molar-refractivity contribution < 1.29 is 0 Å². The summed E-state index contributed by atoms with van der Waals surface area (Å²) in [6.07, 6.45) is 0. The molecule has 17 heavy (non-hydrogen) atoms. The Hall–Kier alpha value is -2.17. The summed E-state index contributed by atoms with van der Waals surface area (Å²) in [6, 6.07) is 3.72. The number of anilines is 1. The van der Waals surface area contributed by atoms with Gasteiger partial charge in [0.15, 0.2) is 0 Å². The highest BCUT2D eigenvalue weighted by atomic mass is 16.1. The molecule has 0 radical (unpaired) electrons. The van der Waals surface area contributed by atoms with Gasteiger partial charge in [-0.15, -0.1) is 0 Å². The zero-order valence-electron chi connectivity index (χ0n) is 10.0. The molecule has 2 rings (SSSR count). The van der Waals surface area contributed by atoms with Crippen LogP contribution in [-0.4, -0.2) is 15.0 Å². The van der Waals surface area contributed by atoms with Gasteiger partial charge in [-0.05, 0) is 32.9 Å². The molecule has 5 nitrogen and oxygen atoms in total. The molecule has 2 heterocycles. The Balaban J connectivity index is 2.65. The second-order valence-corrected chi connectivity index (χ2v) is 4.06. The maximum Gasteiger partial charge on any atom is 0.256 e. The molecular weight excluding hydrogens is 216 g/mol. The molecule has 0 aliphatic rings. The van der Waals surface area contributed by atoms with Crippen LogP contribution in [-0.2, 0) is 0 Å². The van der Waals surface area contributed by atoms with Crippen LogP contribution in [0.1, 0.15) is 17.0 Å². The smallest absolute Gasteiger partial charge is 0.256 e. The molecule has 0 saturated carbocycles. The van der Waals surface area contributed by atoms with Crippen LogP contribution in [0.2, 0.25) is 0 Å². The summed E-state index contributed by atoms with van der Waals surface area (Å²) in [5, 5.41) is 0. The standard InChI is InChI=1S/C12H14N4O/c1-6-4-9(5-7(2)14-6)11-15-10(13)8(3)12(17)16-11/h4-5H,1-3H3,(H3,13,15,16,17). The Morgan fingerprint density at radius 1 is 1.12 bits per heavy atom. The lowest BCUT2D eigenvalue weighted by Crippen LogP contribution is -2.15. The molecule has 0 fully saturated rings. The van der Waals surface area contributed by atoms with Crippen molar-refractivity contribution in [3.63, 3.8) is 0 Å². The van der Waals surface area contributed by atoms with Crippen LogP contribution in [0, 0.1) is 20.8 Å². The minimum Gasteiger partial charge on any atom is -0.383 e. The minimum absolute atomic E-state index is 0.209. The molecule has 2 aromatic rings. The molecule has 88 valence electrons. The van der Waals surface area contributed by atoms with Crippen molar-refractivity contribution in [2.75, 3.05) is 5.73 Å². The number of nitrogens with zero attached hydrogens (tertiary/aromatic N) is 2. The molecule has 5 heteroatoms. The molecule has 0 amide bonds. The van der Waals surface area contributed by atoms with Crippen LogP contribution in [0.3, 0.4) is 0 Å². The summed E-state index contributed by atoms with van der Waals surface area (Å²) in [5.41, 5.74) is 8.49. The van der Waals surface area contributed by atoms with Crippen molar-refractivity contribution in [2.45, 2.75) is 20.8 Å². The summed E-state index contributed by atoms with van der Waals surface area (Å²) in [4.78, 5) is 22.8. The minimum atomic E-state index is -0.209. The molecule has 2 aromatic heterocycles. The van der Waals surface area contributed by atoms with Gasteiger partial charge in [0.25, 0.3) is 5.56 Å². The summed E-state index contributed by atoms with van der Waals surface area (Å²) in [6.45, 7) is 5.44. The first-order chi connectivity index (χ1) is 7.97. The van der Waals surface area contributed by atoms with E-state index < -0.39 is 0 Å². The average molecular weight is 230 g/mol. The van der Waals surface area contributed by atoms with E-state index in [-0.39, 0.29) is 11.4 Å². The van der Waals surface area contributed by atoms with Gasteiger partial charge < -0.3 is 10.7 Å². The fourth-order valence-electron chi connectivity index (χ4n) is 1.66. The Morgan fingerprint density at radius 2 is 1.71 bits per heavy atom. The van der Waals surface area contributed by atoms with Crippen molar-refractivity contribution >= 4 is 5.82 Å². The topological polar surface area (TPSA) is 84.7 Å². The van der Waals surface area contributed by atoms with Crippen LogP contribution < -0.4 is 11.3 Å². The number of aromatic amines is 1. The summed E-state index contributed by atoms with van der Waals surface area (Å²) >= 11 is 0. The Labute approximate surface area is 98.7 Å². The zero-order chi connectivity index (χ0) is 12.6. The van der Waals surface area contributed by atoms with Crippen LogP contribution in [0.4, 0.5) is 5.82 Å². The quantitative estimate of drug-likeness (QED) is 0.774. The predicted octanol–water partition coefficient (Wildman–Crippen LogP) is 1.34. The van der Waals surface area contributed by atoms with Gasteiger partial charge >= 0.3 is 0 Å². The Kier molecular flexibility index (Phi) is 2.67. The average Bonchev–Trinajstić information content (AvgIpc) is 2.23. The monoisotopic (exact) mass is 230 g/mol. The first kappa shape index (κ1) is 11.3. The molecule has 0 aliphatic carbocycles. The second-order valence-electron chi connectivity index (χ2n) is 4.06. The van der Waals surface area contributed by atoms with Gasteiger partial charge in [-0.25, -0.2) is 4.98 Å². The Morgan fingerprint density at radius 3 is 2.24 bits per heavy atom. The van der Waals surface area contributed by atoms with Crippen molar-refractivity contribution in [3.8, 4) is 11.4 Å². The number of nitrogen functional groups attached to an aromatic ring is 1. The maximum atomic E-state index is 11.6. The van der Waals surface area contributed by atoms with Crippen LogP contribution in [0.5, 0.6) is 0 Å². The second kappa shape index (κ2) is 4.01. The fraction of sp³-hybridized carbons (Fsp3) is 0.250. The van der Waals surface area contributed by atoms with Crippen molar-refractivity contribution in [1.82, 2.24) is 15.0 Å². The molecule has 0 atom stereocenters. The highest BCUT2D eigenvalue weighted by Crippen LogP contribution is 2.17. The number of pyridine rings is 1. The third-order valence-corrected chi connectivity index (χ3v) is 2.54. The SMILES string of the molecule is Cc1cc(-c2nc(N)c(C)c(=O)[nH]2)cc(C)n1. The third-order valence-electron chi connectivity index (χ3n) is 2.54. The van der Waals surface area contributed by atoms with E-state index in [0.29, 0.717) is 11.4 Å². The number of rotatable bonds is 1. The van der Waals surface area contributed by atoms with Crippen molar-refractivity contribution in [3.05, 3.63) is 39.4 Å². The number of hydrogen-bond donors (Lipinski definition) is 2. The van der Waals surface area contributed by atoms with Gasteiger partial charge in [0.1, 0.15) is 11.6 Å². The van der Waals surface area contributed by atoms with Crippen LogP contribution in [0.25, 0.3) is 11.4 Å². The molecule has 0 saturated heterocycles. The van der Waals surface area contributed by atoms with Gasteiger partial charge in [-0.2, -0.15) is 0 Å². The van der Waals surface area contributed by atoms with E-state index in [4.69, 9.17) is 5.73 Å². The van der Waals surface area contributed by atoms with Crippen molar-refractivity contribution in [1.29, 1.82) is 0 Å². The van der Waals surface area contributed by atoms with Crippen LogP contribution in [0.15, 0.2) is 16.9 Å². The summed E-state index contributed by atoms with van der Waals surface area (Å²) in [5.74, 6) is 0.738. The van der Waals surface area contributed by atoms with E-state index >= 15 is 0 Å². The third kappa shape index (κ3) is 2.18. The number of H-pyrrole nitrogens is 1. The van der Waals surface area contributed by atoms with Gasteiger partial charge in [0.2, 0.25) is 0 Å². The van der Waals surface area contributed by atoms with E-state index in [0.717, 1.165) is 17.0 Å². The normalized spacial score (nSPS) is 10.5. The molecule has 0 aromatic carbocycles. The molecule has 0 aliphatic heterocycles. The first-order valence-electron chi connectivity index (χ1n) is 5.29. The van der Waals surface area contributed by atoms with E-state index in [9.17, 15) is 4.79 Å². The number of nitrogens with two attached hydrogens (primary N) is 1. The largest absolute Gasteiger partial charge is 0.383 e. The molecule has 3 N–H and O–H groups in total. The zero-order valence-corrected chi connectivity index (χ0v) is 10.0. The van der Waals surface area contributed by atoms with Crippen molar-refractivity contribution in [2.24, 2.45) is 0 Å². The van der Waals surface area contributed by atoms with E-state index in [1.165, 1.54) is 0 Å². The molecule has 0 bridgehead atoms. The lowest BCUT2D eigenvalue weighted by atomic mass is 10.2. The van der Waals surface area contributed by atoms with Gasteiger partial charge in [-0.3, -0.25) is 9.78 Å². The lowest BCUT2D eigenvalue weighted by Gasteiger charge is -2.05. The number of aromatic nitrogens is 3. The van der Waals surface area contributed by atoms with Gasteiger partial charge in [0, 0.05) is 17.0 Å². The van der Waals surface area contributed by atoms with E-state index in [1.54, 1.807) is 6.92 Å². The highest BCUT2D eigenvalue weighted by Gasteiger charge is 2.07. The molecule has 0 unspecified atom stereocenters. The van der Waals surface area contributed by atoms with E-state index in [2.05, 4.69) is 15.0 Å². The lowest BCUT2D eigenvalue weighted by molar-refractivity contribution is 1.07. The van der Waals surface area contributed by atoms with Gasteiger partial charge in [0.05, 0.1) is 5.56 Å². The maximum absolute atomic E-state index is 11.6. The highest BCUT2D eigenvalue weighted by molar-refractivity contribution is 5.58. The number of hydrogen-bond acceptors (Lipinski definition) is 4. The number of aryl methyl sites for hydroxylation is 2. The molecular formula is C12H14N4O. The predicted molar refractivity (Wildman–Crippen MR) is 66.7 cm³/mol. The molecule has 0 spiro atoms. The van der Waals surface area contributed by atoms with E-state index in [1.807, 2.05) is 26.0 Å². The first-order valence-corrected chi connectivity index (χ1v) is 5.29.